The summed E-state index contributed by atoms with van der Waals surface area (Å²) in [5, 5.41) is 2.70. The second-order valence-corrected chi connectivity index (χ2v) is 4.57. The molecule has 1 heterocycles. The van der Waals surface area contributed by atoms with E-state index in [1.54, 1.807) is 0 Å². The van der Waals surface area contributed by atoms with Gasteiger partial charge in [0.2, 0.25) is 0 Å². The molecule has 110 valence electrons. The number of ether oxygens (including phenoxy) is 1. The Morgan fingerprint density at radius 1 is 1.19 bits per heavy atom. The molecule has 0 radical (unpaired) electrons. The zero-order valence-corrected chi connectivity index (χ0v) is 11.7. The van der Waals surface area contributed by atoms with Gasteiger partial charge in [0.05, 0.1) is 6.61 Å². The fraction of sp³-hybridized carbons (Fsp3) is 0.250. The summed E-state index contributed by atoms with van der Waals surface area (Å²) < 4.78 is 5.51. The van der Waals surface area contributed by atoms with Crippen molar-refractivity contribution >= 4 is 5.91 Å². The van der Waals surface area contributed by atoms with Crippen molar-refractivity contribution in [3.8, 4) is 0 Å². The third-order valence-corrected chi connectivity index (χ3v) is 2.93. The summed E-state index contributed by atoms with van der Waals surface area (Å²) in [6.45, 7) is 1.59. The topological polar surface area (TPSA) is 71.2 Å². The van der Waals surface area contributed by atoms with Gasteiger partial charge in [-0.25, -0.2) is 0 Å². The third kappa shape index (κ3) is 4.89. The van der Waals surface area contributed by atoms with E-state index in [-0.39, 0.29) is 16.9 Å². The molecule has 0 saturated heterocycles. The molecule has 0 aliphatic carbocycles. The molecule has 0 atom stereocenters. The average Bonchev–Trinajstić information content (AvgIpc) is 2.52. The van der Waals surface area contributed by atoms with E-state index in [0.717, 1.165) is 5.56 Å². The number of hydrogen-bond acceptors (Lipinski definition) is 3. The van der Waals surface area contributed by atoms with Gasteiger partial charge in [-0.15, -0.1) is 0 Å². The number of nitrogens with one attached hydrogen (secondary N) is 2. The minimum absolute atomic E-state index is 0.128. The highest BCUT2D eigenvalue weighted by Crippen LogP contribution is 2.00. The number of carbonyl (C=O) groups excluding carboxylic acids is 1. The predicted molar refractivity (Wildman–Crippen MR) is 80.1 cm³/mol. The van der Waals surface area contributed by atoms with Gasteiger partial charge in [0.15, 0.2) is 5.43 Å². The molecule has 2 aromatic rings. The van der Waals surface area contributed by atoms with Gasteiger partial charge in [-0.1, -0.05) is 30.3 Å². The lowest BCUT2D eigenvalue weighted by Crippen LogP contribution is -2.29. The summed E-state index contributed by atoms with van der Waals surface area (Å²) in [5.41, 5.74) is 0.964. The van der Waals surface area contributed by atoms with Crippen LogP contribution in [-0.2, 0) is 11.3 Å². The molecule has 0 bridgehead atoms. The summed E-state index contributed by atoms with van der Waals surface area (Å²) in [7, 11) is 0. The molecule has 5 heteroatoms. The number of benzene rings is 1. The highest BCUT2D eigenvalue weighted by Gasteiger charge is 2.07. The molecule has 2 rings (SSSR count). The molecule has 1 aromatic carbocycles. The van der Waals surface area contributed by atoms with E-state index in [9.17, 15) is 9.59 Å². The van der Waals surface area contributed by atoms with Crippen molar-refractivity contribution in [1.82, 2.24) is 10.3 Å². The minimum atomic E-state index is -0.361. The lowest BCUT2D eigenvalue weighted by Gasteiger charge is -2.06. The largest absolute Gasteiger partial charge is 0.377 e. The lowest BCUT2D eigenvalue weighted by molar-refractivity contribution is 0.0933. The van der Waals surface area contributed by atoms with Gasteiger partial charge in [-0.2, -0.15) is 0 Å². The molecule has 0 saturated carbocycles. The van der Waals surface area contributed by atoms with Gasteiger partial charge in [-0.3, -0.25) is 9.59 Å². The molecular weight excluding hydrogens is 268 g/mol. The first-order valence-electron chi connectivity index (χ1n) is 6.84. The maximum Gasteiger partial charge on any atom is 0.256 e. The Morgan fingerprint density at radius 2 is 2.00 bits per heavy atom. The lowest BCUT2D eigenvalue weighted by atomic mass is 10.2. The van der Waals surface area contributed by atoms with Crippen LogP contribution in [0.5, 0.6) is 0 Å². The molecule has 0 aliphatic heterocycles. The standard InChI is InChI=1S/C16H18N2O3/c19-15-7-9-17-11-14(15)16(20)18-8-4-10-21-12-13-5-2-1-3-6-13/h1-3,5-7,9,11H,4,8,10,12H2,(H,17,19)(H,18,20). The van der Waals surface area contributed by atoms with Gasteiger partial charge < -0.3 is 15.0 Å². The van der Waals surface area contributed by atoms with E-state index in [2.05, 4.69) is 10.3 Å². The number of carbonyl (C=O) groups is 1. The van der Waals surface area contributed by atoms with E-state index in [0.29, 0.717) is 26.2 Å². The van der Waals surface area contributed by atoms with Crippen LogP contribution in [0.1, 0.15) is 22.3 Å². The predicted octanol–water partition coefficient (Wildman–Crippen LogP) is 1.71. The van der Waals surface area contributed by atoms with Gasteiger partial charge in [0.1, 0.15) is 5.56 Å². The van der Waals surface area contributed by atoms with Gasteiger partial charge in [-0.05, 0) is 12.0 Å². The van der Waals surface area contributed by atoms with E-state index >= 15 is 0 Å². The van der Waals surface area contributed by atoms with Gasteiger partial charge in [0, 0.05) is 31.6 Å². The van der Waals surface area contributed by atoms with Crippen LogP contribution in [0.25, 0.3) is 0 Å². The van der Waals surface area contributed by atoms with Crippen LogP contribution in [0.15, 0.2) is 53.6 Å². The van der Waals surface area contributed by atoms with Crippen molar-refractivity contribution in [2.45, 2.75) is 13.0 Å². The Balaban J connectivity index is 1.63. The van der Waals surface area contributed by atoms with Crippen LogP contribution >= 0.6 is 0 Å². The zero-order chi connectivity index (χ0) is 14.9. The highest BCUT2D eigenvalue weighted by atomic mass is 16.5. The van der Waals surface area contributed by atoms with E-state index < -0.39 is 0 Å². The van der Waals surface area contributed by atoms with Gasteiger partial charge >= 0.3 is 0 Å². The zero-order valence-electron chi connectivity index (χ0n) is 11.7. The Labute approximate surface area is 123 Å². The average molecular weight is 286 g/mol. The van der Waals surface area contributed by atoms with Crippen molar-refractivity contribution in [2.24, 2.45) is 0 Å². The number of aromatic nitrogens is 1. The summed E-state index contributed by atoms with van der Waals surface area (Å²) >= 11 is 0. The number of rotatable bonds is 7. The molecule has 5 nitrogen and oxygen atoms in total. The number of amides is 1. The second-order valence-electron chi connectivity index (χ2n) is 4.57. The van der Waals surface area contributed by atoms with Crippen LogP contribution in [0.3, 0.4) is 0 Å². The van der Waals surface area contributed by atoms with E-state index in [1.807, 2.05) is 30.3 Å². The Morgan fingerprint density at radius 3 is 2.76 bits per heavy atom. The first kappa shape index (κ1) is 15.0. The number of H-pyrrole nitrogens is 1. The molecular formula is C16H18N2O3. The van der Waals surface area contributed by atoms with Crippen LogP contribution in [0, 0.1) is 0 Å². The molecule has 21 heavy (non-hydrogen) atoms. The summed E-state index contributed by atoms with van der Waals surface area (Å²) in [4.78, 5) is 25.9. The fourth-order valence-corrected chi connectivity index (χ4v) is 1.83. The van der Waals surface area contributed by atoms with Crippen molar-refractivity contribution in [3.63, 3.8) is 0 Å². The number of aromatic amines is 1. The Bertz CT molecular complexity index is 623. The van der Waals surface area contributed by atoms with Crippen molar-refractivity contribution < 1.29 is 9.53 Å². The van der Waals surface area contributed by atoms with Crippen LogP contribution in [0.4, 0.5) is 0 Å². The minimum Gasteiger partial charge on any atom is -0.377 e. The third-order valence-electron chi connectivity index (χ3n) is 2.93. The Hall–Kier alpha value is -2.40. The van der Waals surface area contributed by atoms with E-state index in [1.165, 1.54) is 18.5 Å². The first-order chi connectivity index (χ1) is 10.3. The normalized spacial score (nSPS) is 10.3. The molecule has 0 aliphatic rings. The molecule has 1 aromatic heterocycles. The summed E-state index contributed by atoms with van der Waals surface area (Å²) in [6, 6.07) is 11.2. The molecule has 0 fully saturated rings. The molecule has 0 spiro atoms. The van der Waals surface area contributed by atoms with Crippen molar-refractivity contribution in [2.75, 3.05) is 13.2 Å². The van der Waals surface area contributed by atoms with Crippen molar-refractivity contribution in [1.29, 1.82) is 0 Å². The fourth-order valence-electron chi connectivity index (χ4n) is 1.83. The maximum absolute atomic E-state index is 11.7. The maximum atomic E-state index is 11.7. The molecule has 1 amide bonds. The Kier molecular flexibility index (Phi) is 5.72. The highest BCUT2D eigenvalue weighted by molar-refractivity contribution is 5.93. The van der Waals surface area contributed by atoms with Crippen LogP contribution in [-0.4, -0.2) is 24.0 Å². The van der Waals surface area contributed by atoms with Crippen LogP contribution < -0.4 is 10.7 Å². The summed E-state index contributed by atoms with van der Waals surface area (Å²) in [6.07, 6.45) is 3.60. The molecule has 2 N–H and O–H groups in total. The molecule has 0 unspecified atom stereocenters. The smallest absolute Gasteiger partial charge is 0.256 e. The second kappa shape index (κ2) is 8.01. The quantitative estimate of drug-likeness (QED) is 0.761. The van der Waals surface area contributed by atoms with E-state index in [4.69, 9.17) is 4.74 Å². The van der Waals surface area contributed by atoms with Crippen molar-refractivity contribution in [3.05, 3.63) is 70.1 Å². The number of hydrogen-bond donors (Lipinski definition) is 2. The monoisotopic (exact) mass is 286 g/mol. The summed E-state index contributed by atoms with van der Waals surface area (Å²) in [5.74, 6) is -0.361. The van der Waals surface area contributed by atoms with Crippen LogP contribution in [0.2, 0.25) is 0 Å². The number of pyridine rings is 1. The van der Waals surface area contributed by atoms with Gasteiger partial charge in [0.25, 0.3) is 5.91 Å². The first-order valence-corrected chi connectivity index (χ1v) is 6.84. The SMILES string of the molecule is O=C(NCCCOCc1ccccc1)c1c[nH]ccc1=O.